The number of aromatic nitrogens is 2. The third-order valence-corrected chi connectivity index (χ3v) is 4.31. The first-order valence-electron chi connectivity index (χ1n) is 8.79. The average molecular weight is 341 g/mol. The van der Waals surface area contributed by atoms with Gasteiger partial charge in [-0.3, -0.25) is 9.59 Å². The molecule has 134 valence electrons. The lowest BCUT2D eigenvalue weighted by Gasteiger charge is -2.31. The highest BCUT2D eigenvalue weighted by Crippen LogP contribution is 2.25. The van der Waals surface area contributed by atoms with Crippen LogP contribution < -0.4 is 5.56 Å². The molecule has 0 fully saturated rings. The van der Waals surface area contributed by atoms with Gasteiger partial charge >= 0.3 is 0 Å². The van der Waals surface area contributed by atoms with Gasteiger partial charge in [0.05, 0.1) is 6.04 Å². The molecule has 0 N–H and O–H groups in total. The fourth-order valence-electron chi connectivity index (χ4n) is 2.97. The van der Waals surface area contributed by atoms with Crippen molar-refractivity contribution < 1.29 is 4.79 Å². The largest absolute Gasteiger partial charge is 0.330 e. The van der Waals surface area contributed by atoms with Crippen LogP contribution in [0.2, 0.25) is 0 Å². The van der Waals surface area contributed by atoms with E-state index < -0.39 is 0 Å². The highest BCUT2D eigenvalue weighted by Gasteiger charge is 2.25. The van der Waals surface area contributed by atoms with Crippen molar-refractivity contribution in [3.63, 3.8) is 0 Å². The van der Waals surface area contributed by atoms with E-state index in [1.165, 1.54) is 16.8 Å². The standard InChI is InChI=1S/C20H27N3O2/c1-6-23-19(24)12-11-18(21-23)20(25)22(13-14(2)3)16(5)17-10-8-7-9-15(17)4/h7-12,14,16H,6,13H2,1-5H3/t16-/m0/s1. The smallest absolute Gasteiger partial charge is 0.274 e. The van der Waals surface area contributed by atoms with E-state index in [-0.39, 0.29) is 17.5 Å². The summed E-state index contributed by atoms with van der Waals surface area (Å²) < 4.78 is 1.32. The maximum Gasteiger partial charge on any atom is 0.274 e. The van der Waals surface area contributed by atoms with Crippen LogP contribution >= 0.6 is 0 Å². The summed E-state index contributed by atoms with van der Waals surface area (Å²) in [4.78, 5) is 26.7. The topological polar surface area (TPSA) is 55.2 Å². The summed E-state index contributed by atoms with van der Waals surface area (Å²) in [6.45, 7) is 11.2. The van der Waals surface area contributed by atoms with Crippen molar-refractivity contribution >= 4 is 5.91 Å². The lowest BCUT2D eigenvalue weighted by Crippen LogP contribution is -2.38. The summed E-state index contributed by atoms with van der Waals surface area (Å²) in [5, 5.41) is 4.23. The van der Waals surface area contributed by atoms with Gasteiger partial charge in [-0.05, 0) is 43.9 Å². The Morgan fingerprint density at radius 3 is 2.44 bits per heavy atom. The van der Waals surface area contributed by atoms with Crippen molar-refractivity contribution in [1.82, 2.24) is 14.7 Å². The second-order valence-electron chi connectivity index (χ2n) is 6.76. The van der Waals surface area contributed by atoms with E-state index in [2.05, 4.69) is 38.0 Å². The fraction of sp³-hybridized carbons (Fsp3) is 0.450. The first kappa shape index (κ1) is 18.9. The predicted molar refractivity (Wildman–Crippen MR) is 99.6 cm³/mol. The summed E-state index contributed by atoms with van der Waals surface area (Å²) >= 11 is 0. The molecule has 0 saturated carbocycles. The Balaban J connectivity index is 2.41. The molecule has 1 aromatic heterocycles. The molecule has 1 atom stereocenters. The van der Waals surface area contributed by atoms with Gasteiger partial charge in [-0.1, -0.05) is 38.1 Å². The molecule has 1 amide bonds. The summed E-state index contributed by atoms with van der Waals surface area (Å²) in [6, 6.07) is 11.0. The highest BCUT2D eigenvalue weighted by molar-refractivity contribution is 5.92. The molecule has 5 nitrogen and oxygen atoms in total. The quantitative estimate of drug-likeness (QED) is 0.809. The van der Waals surface area contributed by atoms with Gasteiger partial charge in [0, 0.05) is 19.2 Å². The van der Waals surface area contributed by atoms with Crippen LogP contribution in [0.4, 0.5) is 0 Å². The molecule has 25 heavy (non-hydrogen) atoms. The van der Waals surface area contributed by atoms with Crippen LogP contribution in [0.25, 0.3) is 0 Å². The zero-order chi connectivity index (χ0) is 18.6. The number of carbonyl (C=O) groups excluding carboxylic acids is 1. The number of benzene rings is 1. The molecule has 2 rings (SSSR count). The van der Waals surface area contributed by atoms with Gasteiger partial charge < -0.3 is 4.90 Å². The monoisotopic (exact) mass is 341 g/mol. The van der Waals surface area contributed by atoms with Gasteiger partial charge in [0.1, 0.15) is 5.69 Å². The van der Waals surface area contributed by atoms with Crippen molar-refractivity contribution in [2.75, 3.05) is 6.54 Å². The maximum atomic E-state index is 13.1. The second-order valence-corrected chi connectivity index (χ2v) is 6.76. The van der Waals surface area contributed by atoms with Crippen molar-refractivity contribution in [1.29, 1.82) is 0 Å². The minimum atomic E-state index is -0.193. The second kappa shape index (κ2) is 8.10. The molecule has 5 heteroatoms. The summed E-state index contributed by atoms with van der Waals surface area (Å²) in [7, 11) is 0. The van der Waals surface area contributed by atoms with E-state index in [1.807, 2.05) is 30.9 Å². The predicted octanol–water partition coefficient (Wildman–Crippen LogP) is 3.43. The van der Waals surface area contributed by atoms with E-state index in [4.69, 9.17) is 0 Å². The number of amides is 1. The van der Waals surface area contributed by atoms with Gasteiger partial charge in [0.15, 0.2) is 0 Å². The number of hydrogen-bond donors (Lipinski definition) is 0. The van der Waals surface area contributed by atoms with E-state index >= 15 is 0 Å². The number of hydrogen-bond acceptors (Lipinski definition) is 3. The van der Waals surface area contributed by atoms with Crippen molar-refractivity contribution in [2.45, 2.75) is 47.2 Å². The van der Waals surface area contributed by atoms with E-state index in [0.717, 1.165) is 11.1 Å². The Bertz CT molecular complexity index is 796. The zero-order valence-electron chi connectivity index (χ0n) is 15.7. The van der Waals surface area contributed by atoms with Gasteiger partial charge in [0.25, 0.3) is 11.5 Å². The Hall–Kier alpha value is -2.43. The van der Waals surface area contributed by atoms with Crippen molar-refractivity contribution in [3.05, 3.63) is 63.6 Å². The maximum absolute atomic E-state index is 13.1. The number of carbonyl (C=O) groups is 1. The Morgan fingerprint density at radius 2 is 1.84 bits per heavy atom. The normalized spacial score (nSPS) is 12.2. The third-order valence-electron chi connectivity index (χ3n) is 4.31. The van der Waals surface area contributed by atoms with Crippen molar-refractivity contribution in [3.8, 4) is 0 Å². The molecule has 0 aliphatic heterocycles. The SMILES string of the molecule is CCn1nc(C(=O)N(CC(C)C)[C@@H](C)c2ccccc2C)ccc1=O. The average Bonchev–Trinajstić information content (AvgIpc) is 2.59. The fourth-order valence-corrected chi connectivity index (χ4v) is 2.97. The molecule has 1 heterocycles. The van der Waals surface area contributed by atoms with Crippen LogP contribution in [-0.2, 0) is 6.54 Å². The van der Waals surface area contributed by atoms with Crippen LogP contribution in [-0.4, -0.2) is 27.1 Å². The first-order valence-corrected chi connectivity index (χ1v) is 8.79. The van der Waals surface area contributed by atoms with Crippen LogP contribution in [0.1, 0.15) is 55.4 Å². The van der Waals surface area contributed by atoms with Gasteiger partial charge in [0.2, 0.25) is 0 Å². The number of aryl methyl sites for hydroxylation is 2. The molecule has 0 unspecified atom stereocenters. The van der Waals surface area contributed by atoms with Gasteiger partial charge in [-0.2, -0.15) is 5.10 Å². The molecule has 0 bridgehead atoms. The summed E-state index contributed by atoms with van der Waals surface area (Å²) in [5.41, 5.74) is 2.40. The minimum Gasteiger partial charge on any atom is -0.330 e. The van der Waals surface area contributed by atoms with Crippen molar-refractivity contribution in [2.24, 2.45) is 5.92 Å². The van der Waals surface area contributed by atoms with Gasteiger partial charge in [-0.25, -0.2) is 4.68 Å². The molecule has 0 aliphatic rings. The Morgan fingerprint density at radius 1 is 1.16 bits per heavy atom. The lowest BCUT2D eigenvalue weighted by molar-refractivity contribution is 0.0656. The molecule has 1 aromatic carbocycles. The minimum absolute atomic E-state index is 0.0695. The molecule has 0 aliphatic carbocycles. The molecule has 0 saturated heterocycles. The van der Waals surface area contributed by atoms with Crippen LogP contribution in [0.5, 0.6) is 0 Å². The zero-order valence-corrected chi connectivity index (χ0v) is 15.7. The summed E-state index contributed by atoms with van der Waals surface area (Å²) in [6.07, 6.45) is 0. The molecular formula is C20H27N3O2. The van der Waals surface area contributed by atoms with E-state index in [9.17, 15) is 9.59 Å². The van der Waals surface area contributed by atoms with Crippen LogP contribution in [0.15, 0.2) is 41.2 Å². The summed E-state index contributed by atoms with van der Waals surface area (Å²) in [5.74, 6) is 0.180. The molecular weight excluding hydrogens is 314 g/mol. The Labute approximate surface area is 149 Å². The Kier molecular flexibility index (Phi) is 6.12. The molecule has 0 radical (unpaired) electrons. The molecule has 2 aromatic rings. The third kappa shape index (κ3) is 4.35. The van der Waals surface area contributed by atoms with E-state index in [1.54, 1.807) is 0 Å². The first-order chi connectivity index (χ1) is 11.8. The van der Waals surface area contributed by atoms with Crippen LogP contribution in [0, 0.1) is 12.8 Å². The van der Waals surface area contributed by atoms with E-state index in [0.29, 0.717) is 24.7 Å². The number of rotatable bonds is 6. The van der Waals surface area contributed by atoms with Gasteiger partial charge in [-0.15, -0.1) is 0 Å². The highest BCUT2D eigenvalue weighted by atomic mass is 16.2. The molecule has 0 spiro atoms. The number of nitrogens with zero attached hydrogens (tertiary/aromatic N) is 3. The lowest BCUT2D eigenvalue weighted by atomic mass is 10.00. The van der Waals surface area contributed by atoms with Crippen LogP contribution in [0.3, 0.4) is 0 Å².